The third-order valence-corrected chi connectivity index (χ3v) is 3.27. The van der Waals surface area contributed by atoms with Crippen molar-refractivity contribution in [2.24, 2.45) is 11.7 Å². The summed E-state index contributed by atoms with van der Waals surface area (Å²) in [4.78, 5) is 2.42. The lowest BCUT2D eigenvalue weighted by Crippen LogP contribution is -2.32. The van der Waals surface area contributed by atoms with Crippen LogP contribution in [0, 0.1) is 12.8 Å². The molecule has 0 saturated heterocycles. The molecule has 1 rings (SSSR count). The van der Waals surface area contributed by atoms with Gasteiger partial charge in [0.05, 0.1) is 6.61 Å². The molecule has 0 radical (unpaired) electrons. The SMILES string of the molecule is COCCN(CC(C)C)c1ccc(C)cc1CC(C)N. The summed E-state index contributed by atoms with van der Waals surface area (Å²) in [6.45, 7) is 11.4. The maximum absolute atomic E-state index is 6.00. The topological polar surface area (TPSA) is 38.5 Å². The van der Waals surface area contributed by atoms with E-state index in [9.17, 15) is 0 Å². The van der Waals surface area contributed by atoms with Gasteiger partial charge in [-0.2, -0.15) is 0 Å². The number of nitrogens with two attached hydrogens (primary N) is 1. The van der Waals surface area contributed by atoms with Crippen LogP contribution in [0.5, 0.6) is 0 Å². The number of benzene rings is 1. The molecule has 1 aromatic carbocycles. The van der Waals surface area contributed by atoms with Crippen LogP contribution in [0.2, 0.25) is 0 Å². The Morgan fingerprint density at radius 2 is 1.95 bits per heavy atom. The minimum absolute atomic E-state index is 0.180. The molecule has 0 aliphatic carbocycles. The summed E-state index contributed by atoms with van der Waals surface area (Å²) >= 11 is 0. The first-order chi connectivity index (χ1) is 9.43. The first-order valence-electron chi connectivity index (χ1n) is 7.53. The van der Waals surface area contributed by atoms with Crippen LogP contribution in [-0.4, -0.2) is 32.8 Å². The van der Waals surface area contributed by atoms with Crippen molar-refractivity contribution in [3.8, 4) is 0 Å². The number of anilines is 1. The Morgan fingerprint density at radius 1 is 1.25 bits per heavy atom. The van der Waals surface area contributed by atoms with E-state index < -0.39 is 0 Å². The van der Waals surface area contributed by atoms with Crippen LogP contribution in [0.1, 0.15) is 31.9 Å². The normalized spacial score (nSPS) is 12.8. The zero-order valence-electron chi connectivity index (χ0n) is 13.6. The number of aryl methyl sites for hydroxylation is 1. The van der Waals surface area contributed by atoms with Gasteiger partial charge in [-0.05, 0) is 37.8 Å². The largest absolute Gasteiger partial charge is 0.383 e. The number of hydrogen-bond acceptors (Lipinski definition) is 3. The van der Waals surface area contributed by atoms with Crippen LogP contribution in [0.25, 0.3) is 0 Å². The van der Waals surface area contributed by atoms with E-state index in [2.05, 4.69) is 50.8 Å². The third-order valence-electron chi connectivity index (χ3n) is 3.27. The molecule has 1 atom stereocenters. The van der Waals surface area contributed by atoms with Crippen LogP contribution in [0.4, 0.5) is 5.69 Å². The van der Waals surface area contributed by atoms with E-state index in [0.717, 1.165) is 26.1 Å². The van der Waals surface area contributed by atoms with Gasteiger partial charge in [0, 0.05) is 31.9 Å². The summed E-state index contributed by atoms with van der Waals surface area (Å²) in [6, 6.07) is 6.85. The van der Waals surface area contributed by atoms with E-state index in [1.165, 1.54) is 16.8 Å². The average molecular weight is 278 g/mol. The van der Waals surface area contributed by atoms with E-state index in [1.807, 2.05) is 0 Å². The molecule has 0 saturated carbocycles. The summed E-state index contributed by atoms with van der Waals surface area (Å²) in [5, 5.41) is 0. The third kappa shape index (κ3) is 5.51. The van der Waals surface area contributed by atoms with Crippen molar-refractivity contribution in [3.05, 3.63) is 29.3 Å². The molecule has 1 aromatic rings. The van der Waals surface area contributed by atoms with Gasteiger partial charge in [0.25, 0.3) is 0 Å². The van der Waals surface area contributed by atoms with Gasteiger partial charge >= 0.3 is 0 Å². The Bertz CT molecular complexity index is 402. The van der Waals surface area contributed by atoms with Gasteiger partial charge in [0.2, 0.25) is 0 Å². The van der Waals surface area contributed by atoms with Crippen LogP contribution in [-0.2, 0) is 11.2 Å². The molecule has 0 aliphatic rings. The van der Waals surface area contributed by atoms with Gasteiger partial charge in [0.15, 0.2) is 0 Å². The van der Waals surface area contributed by atoms with Crippen molar-refractivity contribution >= 4 is 5.69 Å². The van der Waals surface area contributed by atoms with E-state index >= 15 is 0 Å². The minimum atomic E-state index is 0.180. The highest BCUT2D eigenvalue weighted by Gasteiger charge is 2.14. The molecule has 3 nitrogen and oxygen atoms in total. The molecule has 1 unspecified atom stereocenters. The fourth-order valence-corrected chi connectivity index (χ4v) is 2.49. The number of nitrogens with zero attached hydrogens (tertiary/aromatic N) is 1. The van der Waals surface area contributed by atoms with Gasteiger partial charge < -0.3 is 15.4 Å². The molecular formula is C17H30N2O. The first kappa shape index (κ1) is 17.0. The zero-order valence-corrected chi connectivity index (χ0v) is 13.6. The summed E-state index contributed by atoms with van der Waals surface area (Å²) in [5.41, 5.74) is 9.94. The highest BCUT2D eigenvalue weighted by molar-refractivity contribution is 5.55. The second kappa shape index (κ2) is 8.28. The van der Waals surface area contributed by atoms with Gasteiger partial charge in [0.1, 0.15) is 0 Å². The van der Waals surface area contributed by atoms with E-state index in [-0.39, 0.29) is 6.04 Å². The molecular weight excluding hydrogens is 248 g/mol. The fourth-order valence-electron chi connectivity index (χ4n) is 2.49. The van der Waals surface area contributed by atoms with Gasteiger partial charge in [-0.25, -0.2) is 0 Å². The Balaban J connectivity index is 3.03. The lowest BCUT2D eigenvalue weighted by molar-refractivity contribution is 0.204. The molecule has 0 aliphatic heterocycles. The van der Waals surface area contributed by atoms with Crippen molar-refractivity contribution in [2.45, 2.75) is 40.2 Å². The molecule has 0 heterocycles. The lowest BCUT2D eigenvalue weighted by Gasteiger charge is -2.29. The van der Waals surface area contributed by atoms with E-state index in [1.54, 1.807) is 7.11 Å². The Hall–Kier alpha value is -1.06. The lowest BCUT2D eigenvalue weighted by atomic mass is 10.0. The standard InChI is InChI=1S/C17H30N2O/c1-13(2)12-19(8-9-20-5)17-7-6-14(3)10-16(17)11-15(4)18/h6-7,10,13,15H,8-9,11-12,18H2,1-5H3. The fraction of sp³-hybridized carbons (Fsp3) is 0.647. The highest BCUT2D eigenvalue weighted by atomic mass is 16.5. The van der Waals surface area contributed by atoms with Crippen molar-refractivity contribution < 1.29 is 4.74 Å². The maximum Gasteiger partial charge on any atom is 0.0637 e. The molecule has 0 spiro atoms. The summed E-state index contributed by atoms with van der Waals surface area (Å²) in [5.74, 6) is 0.622. The number of hydrogen-bond donors (Lipinski definition) is 1. The van der Waals surface area contributed by atoms with Gasteiger partial charge in [-0.1, -0.05) is 31.5 Å². The molecule has 3 heteroatoms. The van der Waals surface area contributed by atoms with Crippen molar-refractivity contribution in [3.63, 3.8) is 0 Å². The predicted molar refractivity (Wildman–Crippen MR) is 87.5 cm³/mol. The van der Waals surface area contributed by atoms with Crippen molar-refractivity contribution in [1.29, 1.82) is 0 Å². The number of ether oxygens (including phenoxy) is 1. The van der Waals surface area contributed by atoms with Crippen LogP contribution in [0.15, 0.2) is 18.2 Å². The van der Waals surface area contributed by atoms with Gasteiger partial charge in [-0.3, -0.25) is 0 Å². The van der Waals surface area contributed by atoms with Crippen LogP contribution in [0.3, 0.4) is 0 Å². The summed E-state index contributed by atoms with van der Waals surface area (Å²) in [6.07, 6.45) is 0.915. The monoisotopic (exact) mass is 278 g/mol. The van der Waals surface area contributed by atoms with E-state index in [0.29, 0.717) is 5.92 Å². The van der Waals surface area contributed by atoms with Crippen molar-refractivity contribution in [2.75, 3.05) is 31.7 Å². The minimum Gasteiger partial charge on any atom is -0.383 e. The number of methoxy groups -OCH3 is 1. The molecule has 0 aromatic heterocycles. The summed E-state index contributed by atoms with van der Waals surface area (Å²) < 4.78 is 5.25. The number of rotatable bonds is 8. The van der Waals surface area contributed by atoms with E-state index in [4.69, 9.17) is 10.5 Å². The highest BCUT2D eigenvalue weighted by Crippen LogP contribution is 2.24. The molecule has 0 bridgehead atoms. The van der Waals surface area contributed by atoms with Crippen molar-refractivity contribution in [1.82, 2.24) is 0 Å². The Kier molecular flexibility index (Phi) is 7.03. The van der Waals surface area contributed by atoms with Crippen LogP contribution >= 0.6 is 0 Å². The predicted octanol–water partition coefficient (Wildman–Crippen LogP) is 2.99. The second-order valence-corrected chi connectivity index (χ2v) is 6.15. The Morgan fingerprint density at radius 3 is 2.50 bits per heavy atom. The molecule has 114 valence electrons. The second-order valence-electron chi connectivity index (χ2n) is 6.15. The molecule has 0 amide bonds. The average Bonchev–Trinajstić information content (AvgIpc) is 2.33. The zero-order chi connectivity index (χ0) is 15.1. The smallest absolute Gasteiger partial charge is 0.0637 e. The summed E-state index contributed by atoms with van der Waals surface area (Å²) in [7, 11) is 1.76. The molecule has 0 fully saturated rings. The Labute approximate surface area is 124 Å². The quantitative estimate of drug-likeness (QED) is 0.794. The molecule has 20 heavy (non-hydrogen) atoms. The van der Waals surface area contributed by atoms with Gasteiger partial charge in [-0.15, -0.1) is 0 Å². The first-order valence-corrected chi connectivity index (χ1v) is 7.53. The maximum atomic E-state index is 6.00. The molecule has 2 N–H and O–H groups in total. The van der Waals surface area contributed by atoms with Crippen LogP contribution < -0.4 is 10.6 Å².